The van der Waals surface area contributed by atoms with Gasteiger partial charge < -0.3 is 24.8 Å². The molecule has 31 heavy (non-hydrogen) atoms. The Hall–Kier alpha value is -3.51. The van der Waals surface area contributed by atoms with Crippen LogP contribution in [0.1, 0.15) is 5.56 Å². The second-order valence-corrected chi connectivity index (χ2v) is 6.88. The summed E-state index contributed by atoms with van der Waals surface area (Å²) in [7, 11) is 1.64. The molecular weight excluding hydrogens is 392 g/mol. The Kier molecular flexibility index (Phi) is 8.76. The number of amides is 1. The van der Waals surface area contributed by atoms with E-state index in [0.29, 0.717) is 25.5 Å². The van der Waals surface area contributed by atoms with Gasteiger partial charge in [-0.3, -0.25) is 4.79 Å². The monoisotopic (exact) mass is 420 g/mol. The van der Waals surface area contributed by atoms with Gasteiger partial charge in [-0.25, -0.2) is 0 Å². The quantitative estimate of drug-likeness (QED) is 0.426. The van der Waals surface area contributed by atoms with E-state index in [1.165, 1.54) is 5.56 Å². The molecule has 0 aliphatic heterocycles. The lowest BCUT2D eigenvalue weighted by Crippen LogP contribution is -2.21. The minimum absolute atomic E-state index is 0.137. The highest BCUT2D eigenvalue weighted by Gasteiger charge is 2.04. The Bertz CT molecular complexity index is 930. The molecule has 0 fully saturated rings. The van der Waals surface area contributed by atoms with Crippen LogP contribution in [0, 0.1) is 0 Å². The van der Waals surface area contributed by atoms with Gasteiger partial charge in [0.1, 0.15) is 18.1 Å². The number of benzene rings is 3. The predicted octanol–water partition coefficient (Wildman–Crippen LogP) is 4.38. The van der Waals surface area contributed by atoms with Crippen LogP contribution in [-0.4, -0.2) is 39.4 Å². The molecule has 0 heterocycles. The molecule has 0 bridgehead atoms. The fourth-order valence-electron chi connectivity index (χ4n) is 2.89. The van der Waals surface area contributed by atoms with E-state index in [2.05, 4.69) is 22.8 Å². The average Bonchev–Trinajstić information content (AvgIpc) is 2.80. The maximum atomic E-state index is 12.3. The molecule has 0 saturated carbocycles. The maximum Gasteiger partial charge on any atom is 0.243 e. The number of hydrogen-bond acceptors (Lipinski definition) is 5. The fraction of sp³-hybridized carbons (Fsp3) is 0.240. The van der Waals surface area contributed by atoms with Gasteiger partial charge in [0.05, 0.1) is 19.8 Å². The Morgan fingerprint density at radius 3 is 2.32 bits per heavy atom. The molecule has 0 saturated heterocycles. The summed E-state index contributed by atoms with van der Waals surface area (Å²) in [5.74, 6) is 1.35. The molecule has 0 aliphatic carbocycles. The van der Waals surface area contributed by atoms with E-state index < -0.39 is 0 Å². The van der Waals surface area contributed by atoms with E-state index in [4.69, 9.17) is 14.2 Å². The smallest absolute Gasteiger partial charge is 0.243 e. The summed E-state index contributed by atoms with van der Waals surface area (Å²) in [6, 6.07) is 25.1. The van der Waals surface area contributed by atoms with Crippen molar-refractivity contribution < 1.29 is 19.0 Å². The van der Waals surface area contributed by atoms with Gasteiger partial charge in [-0.2, -0.15) is 0 Å². The third kappa shape index (κ3) is 8.03. The molecule has 0 aromatic heterocycles. The molecule has 6 nitrogen and oxygen atoms in total. The molecular formula is C25H28N2O4. The van der Waals surface area contributed by atoms with Crippen LogP contribution in [0.5, 0.6) is 11.5 Å². The van der Waals surface area contributed by atoms with Gasteiger partial charge in [-0.1, -0.05) is 36.4 Å². The SMILES string of the molecule is COCCOc1ccc(NCC(=O)Nc2cccc(OCCc3ccccc3)c2)cc1. The third-order valence-corrected chi connectivity index (χ3v) is 4.48. The minimum atomic E-state index is -0.137. The van der Waals surface area contributed by atoms with E-state index in [1.54, 1.807) is 7.11 Å². The molecule has 6 heteroatoms. The molecule has 1 amide bonds. The molecule has 3 aromatic rings. The Morgan fingerprint density at radius 1 is 0.774 bits per heavy atom. The number of carbonyl (C=O) groups excluding carboxylic acids is 1. The number of ether oxygens (including phenoxy) is 3. The molecule has 3 aromatic carbocycles. The highest BCUT2D eigenvalue weighted by Crippen LogP contribution is 2.18. The molecule has 0 spiro atoms. The summed E-state index contributed by atoms with van der Waals surface area (Å²) in [6.45, 7) is 1.78. The third-order valence-electron chi connectivity index (χ3n) is 4.48. The highest BCUT2D eigenvalue weighted by atomic mass is 16.5. The maximum absolute atomic E-state index is 12.3. The van der Waals surface area contributed by atoms with Gasteiger partial charge in [-0.15, -0.1) is 0 Å². The number of carbonyl (C=O) groups is 1. The number of methoxy groups -OCH3 is 1. The first kappa shape index (κ1) is 22.2. The highest BCUT2D eigenvalue weighted by molar-refractivity contribution is 5.93. The van der Waals surface area contributed by atoms with Crippen LogP contribution in [0.4, 0.5) is 11.4 Å². The Balaban J connectivity index is 1.41. The summed E-state index contributed by atoms with van der Waals surface area (Å²) in [5, 5.41) is 5.99. The van der Waals surface area contributed by atoms with Crippen LogP contribution in [0.25, 0.3) is 0 Å². The fourth-order valence-corrected chi connectivity index (χ4v) is 2.89. The molecule has 0 atom stereocenters. The minimum Gasteiger partial charge on any atom is -0.493 e. The van der Waals surface area contributed by atoms with Crippen molar-refractivity contribution in [3.8, 4) is 11.5 Å². The van der Waals surface area contributed by atoms with Crippen molar-refractivity contribution in [3.63, 3.8) is 0 Å². The van der Waals surface area contributed by atoms with Crippen LogP contribution in [-0.2, 0) is 16.0 Å². The zero-order chi connectivity index (χ0) is 21.7. The molecule has 0 radical (unpaired) electrons. The first-order chi connectivity index (χ1) is 15.2. The summed E-state index contributed by atoms with van der Waals surface area (Å²) < 4.78 is 16.3. The lowest BCUT2D eigenvalue weighted by Gasteiger charge is -2.11. The normalized spacial score (nSPS) is 10.4. The van der Waals surface area contributed by atoms with E-state index in [1.807, 2.05) is 66.7 Å². The Labute approximate surface area is 183 Å². The van der Waals surface area contributed by atoms with Crippen LogP contribution in [0.15, 0.2) is 78.9 Å². The van der Waals surface area contributed by atoms with E-state index in [-0.39, 0.29) is 12.5 Å². The van der Waals surface area contributed by atoms with Crippen LogP contribution in [0.3, 0.4) is 0 Å². The zero-order valence-electron chi connectivity index (χ0n) is 17.7. The van der Waals surface area contributed by atoms with Crippen molar-refractivity contribution >= 4 is 17.3 Å². The summed E-state index contributed by atoms with van der Waals surface area (Å²) >= 11 is 0. The van der Waals surface area contributed by atoms with Crippen molar-refractivity contribution in [2.75, 3.05) is 44.1 Å². The lowest BCUT2D eigenvalue weighted by molar-refractivity contribution is -0.114. The summed E-state index contributed by atoms with van der Waals surface area (Å²) in [4.78, 5) is 12.3. The topological polar surface area (TPSA) is 68.8 Å². The Morgan fingerprint density at radius 2 is 1.55 bits per heavy atom. The van der Waals surface area contributed by atoms with Crippen LogP contribution >= 0.6 is 0 Å². The van der Waals surface area contributed by atoms with Gasteiger partial charge in [0, 0.05) is 31.0 Å². The second kappa shape index (κ2) is 12.2. The van der Waals surface area contributed by atoms with Crippen molar-refractivity contribution in [2.24, 2.45) is 0 Å². The number of nitrogens with one attached hydrogen (secondary N) is 2. The van der Waals surface area contributed by atoms with Crippen molar-refractivity contribution in [1.82, 2.24) is 0 Å². The molecule has 2 N–H and O–H groups in total. The van der Waals surface area contributed by atoms with Gasteiger partial charge in [0.2, 0.25) is 5.91 Å². The largest absolute Gasteiger partial charge is 0.493 e. The van der Waals surface area contributed by atoms with Gasteiger partial charge >= 0.3 is 0 Å². The van der Waals surface area contributed by atoms with Crippen LogP contribution in [0.2, 0.25) is 0 Å². The summed E-state index contributed by atoms with van der Waals surface area (Å²) in [6.07, 6.45) is 0.831. The molecule has 162 valence electrons. The molecule has 0 aliphatic rings. The van der Waals surface area contributed by atoms with Gasteiger partial charge in [0.25, 0.3) is 0 Å². The van der Waals surface area contributed by atoms with E-state index >= 15 is 0 Å². The van der Waals surface area contributed by atoms with Crippen LogP contribution < -0.4 is 20.1 Å². The summed E-state index contributed by atoms with van der Waals surface area (Å²) in [5.41, 5.74) is 2.77. The van der Waals surface area contributed by atoms with E-state index in [0.717, 1.165) is 23.6 Å². The zero-order valence-corrected chi connectivity index (χ0v) is 17.7. The van der Waals surface area contributed by atoms with Crippen molar-refractivity contribution in [1.29, 1.82) is 0 Å². The average molecular weight is 421 g/mol. The lowest BCUT2D eigenvalue weighted by atomic mass is 10.2. The van der Waals surface area contributed by atoms with Gasteiger partial charge in [0.15, 0.2) is 0 Å². The van der Waals surface area contributed by atoms with Crippen molar-refractivity contribution in [2.45, 2.75) is 6.42 Å². The number of hydrogen-bond donors (Lipinski definition) is 2. The molecule has 3 rings (SSSR count). The predicted molar refractivity (Wildman–Crippen MR) is 123 cm³/mol. The first-order valence-electron chi connectivity index (χ1n) is 10.3. The van der Waals surface area contributed by atoms with Crippen molar-refractivity contribution in [3.05, 3.63) is 84.4 Å². The molecule has 0 unspecified atom stereocenters. The first-order valence-corrected chi connectivity index (χ1v) is 10.3. The number of rotatable bonds is 12. The number of anilines is 2. The van der Waals surface area contributed by atoms with Gasteiger partial charge in [-0.05, 0) is 42.0 Å². The second-order valence-electron chi connectivity index (χ2n) is 6.88. The standard InChI is InChI=1S/C25H28N2O4/c1-29-16-17-31-23-12-10-21(11-13-23)26-19-25(28)27-22-8-5-9-24(18-22)30-15-14-20-6-3-2-4-7-20/h2-13,18,26H,14-17,19H2,1H3,(H,27,28). The van der Waals surface area contributed by atoms with E-state index in [9.17, 15) is 4.79 Å².